The molecule has 0 radical (unpaired) electrons. The van der Waals surface area contributed by atoms with Crippen LogP contribution < -0.4 is 10.1 Å². The summed E-state index contributed by atoms with van der Waals surface area (Å²) >= 11 is 0. The van der Waals surface area contributed by atoms with Gasteiger partial charge in [0.2, 0.25) is 5.82 Å². The van der Waals surface area contributed by atoms with Gasteiger partial charge in [-0.15, -0.1) is 10.2 Å². The third kappa shape index (κ3) is 3.93. The fourth-order valence-corrected chi connectivity index (χ4v) is 4.70. The quantitative estimate of drug-likeness (QED) is 0.655. The van der Waals surface area contributed by atoms with Gasteiger partial charge in [0, 0.05) is 56.6 Å². The van der Waals surface area contributed by atoms with Crippen LogP contribution in [0.15, 0.2) is 36.7 Å². The monoisotopic (exact) mass is 421 g/mol. The number of nitrogens with one attached hydrogen (secondary N) is 1. The highest BCUT2D eigenvalue weighted by Crippen LogP contribution is 2.33. The second-order valence-electron chi connectivity index (χ2n) is 8.36. The first kappa shape index (κ1) is 19.7. The van der Waals surface area contributed by atoms with Crippen molar-refractivity contribution in [3.8, 4) is 5.75 Å². The van der Waals surface area contributed by atoms with Gasteiger partial charge >= 0.3 is 0 Å². The smallest absolute Gasteiger partial charge is 0.293 e. The lowest BCUT2D eigenvalue weighted by atomic mass is 9.89. The molecule has 1 fully saturated rings. The molecule has 9 heteroatoms. The molecule has 2 aliphatic heterocycles. The van der Waals surface area contributed by atoms with Gasteiger partial charge in [0.15, 0.2) is 0 Å². The van der Waals surface area contributed by atoms with Gasteiger partial charge < -0.3 is 14.6 Å². The Labute approximate surface area is 181 Å². The van der Waals surface area contributed by atoms with Crippen molar-refractivity contribution < 1.29 is 9.53 Å². The van der Waals surface area contributed by atoms with E-state index in [2.05, 4.69) is 38.6 Å². The molecule has 1 aromatic carbocycles. The summed E-state index contributed by atoms with van der Waals surface area (Å²) < 4.78 is 9.13. The summed E-state index contributed by atoms with van der Waals surface area (Å²) in [5, 5.41) is 15.8. The Morgan fingerprint density at radius 3 is 2.71 bits per heavy atom. The summed E-state index contributed by atoms with van der Waals surface area (Å²) in [6.07, 6.45) is 4.94. The van der Waals surface area contributed by atoms with Crippen LogP contribution in [0.5, 0.6) is 5.75 Å². The van der Waals surface area contributed by atoms with E-state index in [0.717, 1.165) is 50.7 Å². The number of aromatic nitrogens is 5. The second kappa shape index (κ2) is 8.14. The highest BCUT2D eigenvalue weighted by atomic mass is 16.5. The van der Waals surface area contributed by atoms with Gasteiger partial charge in [-0.1, -0.05) is 0 Å². The van der Waals surface area contributed by atoms with Gasteiger partial charge in [0.05, 0.1) is 13.3 Å². The Morgan fingerprint density at radius 1 is 1.16 bits per heavy atom. The molecule has 2 aromatic heterocycles. The average molecular weight is 422 g/mol. The molecule has 1 saturated heterocycles. The number of anilines is 1. The van der Waals surface area contributed by atoms with E-state index < -0.39 is 0 Å². The molecule has 4 heterocycles. The van der Waals surface area contributed by atoms with E-state index in [9.17, 15) is 4.79 Å². The van der Waals surface area contributed by atoms with Gasteiger partial charge in [0.1, 0.15) is 11.6 Å². The molecule has 31 heavy (non-hydrogen) atoms. The third-order valence-electron chi connectivity index (χ3n) is 6.31. The van der Waals surface area contributed by atoms with E-state index in [4.69, 9.17) is 4.74 Å². The minimum absolute atomic E-state index is 0.232. The molecule has 0 saturated carbocycles. The summed E-state index contributed by atoms with van der Waals surface area (Å²) in [5.41, 5.74) is 1.95. The van der Waals surface area contributed by atoms with Gasteiger partial charge in [-0.05, 0) is 43.0 Å². The van der Waals surface area contributed by atoms with E-state index in [0.29, 0.717) is 23.3 Å². The summed E-state index contributed by atoms with van der Waals surface area (Å²) in [4.78, 5) is 15.3. The number of methoxy groups -OCH3 is 1. The van der Waals surface area contributed by atoms with Crippen LogP contribution in [0.1, 0.15) is 28.9 Å². The molecule has 0 bridgehead atoms. The molecule has 1 amide bonds. The SMILES string of the molecule is CCn1cc(CN2CC3Cc4nnc(C(=O)Nc5ccc(OC)cc5)n4CC3C2)cn1. The van der Waals surface area contributed by atoms with Gasteiger partial charge in [0.25, 0.3) is 5.91 Å². The third-order valence-corrected chi connectivity index (χ3v) is 6.31. The van der Waals surface area contributed by atoms with Gasteiger partial charge in [-0.25, -0.2) is 0 Å². The standard InChI is InChI=1S/C22H27N7O2/c1-3-28-11-15(9-23-28)10-27-12-16-8-20-25-26-21(29(20)14-17(16)13-27)22(30)24-18-4-6-19(31-2)7-5-18/h4-7,9,11,16-17H,3,8,10,12-14H2,1-2H3,(H,24,30). The number of ether oxygens (including phenoxy) is 1. The molecule has 1 N–H and O–H groups in total. The number of fused-ring (bicyclic) bond motifs is 2. The van der Waals surface area contributed by atoms with E-state index in [1.807, 2.05) is 39.7 Å². The number of likely N-dealkylation sites (tertiary alicyclic amines) is 1. The summed E-state index contributed by atoms with van der Waals surface area (Å²) in [6.45, 7) is 6.74. The number of rotatable bonds is 6. The lowest BCUT2D eigenvalue weighted by Crippen LogP contribution is -2.31. The molecule has 2 aliphatic rings. The van der Waals surface area contributed by atoms with Crippen molar-refractivity contribution >= 4 is 11.6 Å². The first-order chi connectivity index (χ1) is 15.1. The van der Waals surface area contributed by atoms with Crippen LogP contribution in [0.25, 0.3) is 0 Å². The molecule has 9 nitrogen and oxygen atoms in total. The first-order valence-corrected chi connectivity index (χ1v) is 10.7. The van der Waals surface area contributed by atoms with Crippen LogP contribution in [-0.4, -0.2) is 55.6 Å². The number of benzene rings is 1. The zero-order valence-electron chi connectivity index (χ0n) is 17.9. The Kier molecular flexibility index (Phi) is 5.19. The number of carbonyl (C=O) groups excluding carboxylic acids is 1. The van der Waals surface area contributed by atoms with E-state index in [1.54, 1.807) is 7.11 Å². The summed E-state index contributed by atoms with van der Waals surface area (Å²) in [5.74, 6) is 2.85. The Bertz CT molecular complexity index is 1070. The van der Waals surface area contributed by atoms with Crippen molar-refractivity contribution in [3.05, 3.63) is 53.9 Å². The molecule has 0 spiro atoms. The van der Waals surface area contributed by atoms with Crippen molar-refractivity contribution in [1.82, 2.24) is 29.4 Å². The van der Waals surface area contributed by atoms with Crippen LogP contribution in [0.4, 0.5) is 5.69 Å². The minimum atomic E-state index is -0.232. The number of carbonyl (C=O) groups is 1. The van der Waals surface area contributed by atoms with Crippen molar-refractivity contribution in [2.75, 3.05) is 25.5 Å². The molecule has 2 atom stereocenters. The molecule has 162 valence electrons. The van der Waals surface area contributed by atoms with Crippen molar-refractivity contribution in [3.63, 3.8) is 0 Å². The van der Waals surface area contributed by atoms with Crippen molar-refractivity contribution in [1.29, 1.82) is 0 Å². The lowest BCUT2D eigenvalue weighted by molar-refractivity contribution is 0.100. The topological polar surface area (TPSA) is 90.1 Å². The van der Waals surface area contributed by atoms with Crippen molar-refractivity contribution in [2.45, 2.75) is 33.0 Å². The van der Waals surface area contributed by atoms with Crippen LogP contribution in [-0.2, 0) is 26.1 Å². The fraction of sp³-hybridized carbons (Fsp3) is 0.455. The largest absolute Gasteiger partial charge is 0.497 e. The highest BCUT2D eigenvalue weighted by Gasteiger charge is 2.39. The van der Waals surface area contributed by atoms with Crippen LogP contribution in [0.2, 0.25) is 0 Å². The number of hydrogen-bond donors (Lipinski definition) is 1. The second-order valence-corrected chi connectivity index (χ2v) is 8.36. The Morgan fingerprint density at radius 2 is 1.97 bits per heavy atom. The molecule has 5 rings (SSSR count). The Hall–Kier alpha value is -3.20. The molecule has 2 unspecified atom stereocenters. The zero-order chi connectivity index (χ0) is 21.4. The van der Waals surface area contributed by atoms with Gasteiger partial charge in [-0.2, -0.15) is 5.10 Å². The van der Waals surface area contributed by atoms with E-state index >= 15 is 0 Å². The summed E-state index contributed by atoms with van der Waals surface area (Å²) in [6, 6.07) is 7.26. The predicted molar refractivity (Wildman–Crippen MR) is 115 cm³/mol. The van der Waals surface area contributed by atoms with E-state index in [-0.39, 0.29) is 5.91 Å². The highest BCUT2D eigenvalue weighted by molar-refractivity contribution is 6.01. The molecular weight excluding hydrogens is 394 g/mol. The number of amides is 1. The first-order valence-electron chi connectivity index (χ1n) is 10.7. The maximum Gasteiger partial charge on any atom is 0.293 e. The number of hydrogen-bond acceptors (Lipinski definition) is 6. The summed E-state index contributed by atoms with van der Waals surface area (Å²) in [7, 11) is 1.62. The Balaban J connectivity index is 1.25. The van der Waals surface area contributed by atoms with Crippen LogP contribution in [0.3, 0.4) is 0 Å². The van der Waals surface area contributed by atoms with Crippen molar-refractivity contribution in [2.24, 2.45) is 11.8 Å². The molecule has 3 aromatic rings. The van der Waals surface area contributed by atoms with Gasteiger partial charge in [-0.3, -0.25) is 14.4 Å². The maximum atomic E-state index is 12.8. The molecule has 0 aliphatic carbocycles. The van der Waals surface area contributed by atoms with Crippen LogP contribution in [0, 0.1) is 11.8 Å². The normalized spacial score (nSPS) is 20.3. The fourth-order valence-electron chi connectivity index (χ4n) is 4.70. The van der Waals surface area contributed by atoms with Crippen LogP contribution >= 0.6 is 0 Å². The predicted octanol–water partition coefficient (Wildman–Crippen LogP) is 2.06. The number of nitrogens with zero attached hydrogens (tertiary/aromatic N) is 6. The maximum absolute atomic E-state index is 12.8. The lowest BCUT2D eigenvalue weighted by Gasteiger charge is -2.25. The zero-order valence-corrected chi connectivity index (χ0v) is 17.9. The minimum Gasteiger partial charge on any atom is -0.497 e. The number of aryl methyl sites for hydroxylation is 1. The average Bonchev–Trinajstić information content (AvgIpc) is 3.50. The molecular formula is C22H27N7O2. The van der Waals surface area contributed by atoms with E-state index in [1.165, 1.54) is 5.56 Å².